The quantitative estimate of drug-likeness (QED) is 0.706. The Labute approximate surface area is 86.6 Å². The van der Waals surface area contributed by atoms with E-state index in [0.29, 0.717) is 6.61 Å². The fourth-order valence-corrected chi connectivity index (χ4v) is 2.55. The fourth-order valence-electron chi connectivity index (χ4n) is 1.46. The molecule has 2 rings (SSSR count). The molecule has 1 aliphatic rings. The Bertz CT molecular complexity index is 349. The largest absolute Gasteiger partial charge is 0.465 e. The lowest BCUT2D eigenvalue weighted by Gasteiger charge is -2.04. The summed E-state index contributed by atoms with van der Waals surface area (Å²) in [6.45, 7) is 2.47. The van der Waals surface area contributed by atoms with Gasteiger partial charge in [-0.25, -0.2) is 0 Å². The second-order valence-electron chi connectivity index (χ2n) is 3.07. The highest BCUT2D eigenvalue weighted by molar-refractivity contribution is 7.98. The highest BCUT2D eigenvalue weighted by Gasteiger charge is 2.18. The zero-order valence-electron chi connectivity index (χ0n) is 8.02. The van der Waals surface area contributed by atoms with Crippen LogP contribution in [0.4, 0.5) is 0 Å². The normalized spacial score (nSPS) is 14.1. The van der Waals surface area contributed by atoms with E-state index in [2.05, 4.69) is 5.10 Å². The standard InChI is InChI=1S/C9H12N2O2S/c1-2-13-9(12)4-11-8-6-14-5-7(8)3-10-11/h3H,2,4-6H2,1H3. The van der Waals surface area contributed by atoms with Crippen molar-refractivity contribution in [2.24, 2.45) is 0 Å². The molecule has 0 saturated carbocycles. The zero-order chi connectivity index (χ0) is 9.97. The highest BCUT2D eigenvalue weighted by Crippen LogP contribution is 2.29. The van der Waals surface area contributed by atoms with Gasteiger partial charge >= 0.3 is 5.97 Å². The molecule has 0 aromatic carbocycles. The van der Waals surface area contributed by atoms with Crippen LogP contribution in [-0.4, -0.2) is 22.4 Å². The van der Waals surface area contributed by atoms with Crippen LogP contribution < -0.4 is 0 Å². The van der Waals surface area contributed by atoms with Crippen LogP contribution >= 0.6 is 11.8 Å². The van der Waals surface area contributed by atoms with Crippen molar-refractivity contribution >= 4 is 17.7 Å². The molecular weight excluding hydrogens is 200 g/mol. The Morgan fingerprint density at radius 1 is 1.71 bits per heavy atom. The van der Waals surface area contributed by atoms with Crippen LogP contribution in [0.3, 0.4) is 0 Å². The first-order valence-corrected chi connectivity index (χ1v) is 5.73. The number of nitrogens with zero attached hydrogens (tertiary/aromatic N) is 2. The number of esters is 1. The van der Waals surface area contributed by atoms with Crippen LogP contribution in [0.2, 0.25) is 0 Å². The maximum atomic E-state index is 11.2. The molecule has 0 fully saturated rings. The summed E-state index contributed by atoms with van der Waals surface area (Å²) >= 11 is 1.85. The summed E-state index contributed by atoms with van der Waals surface area (Å²) in [6, 6.07) is 0. The van der Waals surface area contributed by atoms with Crippen LogP contribution in [0.5, 0.6) is 0 Å². The number of aromatic nitrogens is 2. The SMILES string of the molecule is CCOC(=O)Cn1ncc2c1CSC2. The Balaban J connectivity index is 2.06. The summed E-state index contributed by atoms with van der Waals surface area (Å²) in [5, 5.41) is 4.16. The zero-order valence-corrected chi connectivity index (χ0v) is 8.84. The minimum absolute atomic E-state index is 0.213. The third-order valence-electron chi connectivity index (χ3n) is 2.12. The molecule has 0 radical (unpaired) electrons. The van der Waals surface area contributed by atoms with Crippen LogP contribution in [-0.2, 0) is 27.6 Å². The molecule has 1 aliphatic heterocycles. The van der Waals surface area contributed by atoms with Gasteiger partial charge in [-0.15, -0.1) is 0 Å². The van der Waals surface area contributed by atoms with Crippen molar-refractivity contribution in [2.75, 3.05) is 6.61 Å². The Kier molecular flexibility index (Phi) is 2.77. The summed E-state index contributed by atoms with van der Waals surface area (Å²) in [6.07, 6.45) is 1.84. The van der Waals surface area contributed by atoms with Gasteiger partial charge in [0.2, 0.25) is 0 Å². The average molecular weight is 212 g/mol. The Morgan fingerprint density at radius 3 is 3.36 bits per heavy atom. The van der Waals surface area contributed by atoms with Crippen LogP contribution in [0, 0.1) is 0 Å². The second kappa shape index (κ2) is 4.04. The molecule has 0 bridgehead atoms. The van der Waals surface area contributed by atoms with E-state index in [1.54, 1.807) is 11.6 Å². The van der Waals surface area contributed by atoms with Gasteiger partial charge in [0.05, 0.1) is 18.5 Å². The van der Waals surface area contributed by atoms with Crippen molar-refractivity contribution in [1.82, 2.24) is 9.78 Å². The molecule has 0 amide bonds. The molecule has 5 heteroatoms. The van der Waals surface area contributed by atoms with Gasteiger partial charge in [0, 0.05) is 17.1 Å². The van der Waals surface area contributed by atoms with Gasteiger partial charge in [-0.05, 0) is 6.92 Å². The van der Waals surface area contributed by atoms with Crippen molar-refractivity contribution in [1.29, 1.82) is 0 Å². The maximum Gasteiger partial charge on any atom is 0.327 e. The minimum Gasteiger partial charge on any atom is -0.465 e. The third-order valence-corrected chi connectivity index (χ3v) is 3.11. The molecule has 0 saturated heterocycles. The van der Waals surface area contributed by atoms with Crippen molar-refractivity contribution in [2.45, 2.75) is 25.0 Å². The van der Waals surface area contributed by atoms with E-state index in [9.17, 15) is 4.79 Å². The molecule has 0 N–H and O–H groups in total. The van der Waals surface area contributed by atoms with Crippen molar-refractivity contribution in [3.63, 3.8) is 0 Å². The van der Waals surface area contributed by atoms with Gasteiger partial charge in [-0.1, -0.05) is 0 Å². The first-order chi connectivity index (χ1) is 6.81. The molecule has 0 atom stereocenters. The van der Waals surface area contributed by atoms with Crippen LogP contribution in [0.25, 0.3) is 0 Å². The number of thioether (sulfide) groups is 1. The summed E-state index contributed by atoms with van der Waals surface area (Å²) in [4.78, 5) is 11.2. The predicted molar refractivity (Wildman–Crippen MR) is 53.9 cm³/mol. The molecule has 1 aromatic rings. The van der Waals surface area contributed by atoms with E-state index < -0.39 is 0 Å². The Morgan fingerprint density at radius 2 is 2.57 bits per heavy atom. The first kappa shape index (κ1) is 9.58. The molecule has 0 spiro atoms. The van der Waals surface area contributed by atoms with Crippen molar-refractivity contribution in [3.8, 4) is 0 Å². The van der Waals surface area contributed by atoms with Crippen molar-refractivity contribution in [3.05, 3.63) is 17.5 Å². The highest BCUT2D eigenvalue weighted by atomic mass is 32.2. The number of hydrogen-bond donors (Lipinski definition) is 0. The van der Waals surface area contributed by atoms with Crippen LogP contribution in [0.1, 0.15) is 18.2 Å². The lowest BCUT2D eigenvalue weighted by atomic mass is 10.3. The third kappa shape index (κ3) is 1.77. The predicted octanol–water partition coefficient (Wildman–Crippen LogP) is 1.19. The van der Waals surface area contributed by atoms with E-state index in [0.717, 1.165) is 11.5 Å². The van der Waals surface area contributed by atoms with E-state index >= 15 is 0 Å². The topological polar surface area (TPSA) is 44.1 Å². The smallest absolute Gasteiger partial charge is 0.327 e. The minimum atomic E-state index is -0.213. The van der Waals surface area contributed by atoms with Crippen molar-refractivity contribution < 1.29 is 9.53 Å². The van der Waals surface area contributed by atoms with Gasteiger partial charge in [0.25, 0.3) is 0 Å². The number of rotatable bonds is 3. The summed E-state index contributed by atoms with van der Waals surface area (Å²) in [5.74, 6) is 1.75. The lowest BCUT2D eigenvalue weighted by molar-refractivity contribution is -0.144. The van der Waals surface area contributed by atoms with E-state index in [1.807, 2.05) is 18.0 Å². The molecule has 2 heterocycles. The number of carbonyl (C=O) groups is 1. The summed E-state index contributed by atoms with van der Waals surface area (Å²) < 4.78 is 6.61. The summed E-state index contributed by atoms with van der Waals surface area (Å²) in [5.41, 5.74) is 2.42. The summed E-state index contributed by atoms with van der Waals surface area (Å²) in [7, 11) is 0. The Hall–Kier alpha value is -0.970. The second-order valence-corrected chi connectivity index (χ2v) is 4.06. The molecule has 0 aliphatic carbocycles. The molecular formula is C9H12N2O2S. The van der Waals surface area contributed by atoms with E-state index in [1.165, 1.54) is 11.3 Å². The number of fused-ring (bicyclic) bond motifs is 1. The molecule has 4 nitrogen and oxygen atoms in total. The van der Waals surface area contributed by atoms with Gasteiger partial charge in [-0.2, -0.15) is 16.9 Å². The molecule has 76 valence electrons. The number of ether oxygens (including phenoxy) is 1. The average Bonchev–Trinajstić information content (AvgIpc) is 2.70. The molecule has 14 heavy (non-hydrogen) atoms. The maximum absolute atomic E-state index is 11.2. The van der Waals surface area contributed by atoms with E-state index in [4.69, 9.17) is 4.74 Å². The molecule has 0 unspecified atom stereocenters. The number of carbonyl (C=O) groups excluding carboxylic acids is 1. The van der Waals surface area contributed by atoms with Gasteiger partial charge in [-0.3, -0.25) is 9.48 Å². The monoisotopic (exact) mass is 212 g/mol. The van der Waals surface area contributed by atoms with Crippen LogP contribution in [0.15, 0.2) is 6.20 Å². The number of hydrogen-bond acceptors (Lipinski definition) is 4. The van der Waals surface area contributed by atoms with Gasteiger partial charge < -0.3 is 4.74 Å². The van der Waals surface area contributed by atoms with Gasteiger partial charge in [0.1, 0.15) is 6.54 Å². The first-order valence-electron chi connectivity index (χ1n) is 4.58. The van der Waals surface area contributed by atoms with E-state index in [-0.39, 0.29) is 12.5 Å². The molecule has 1 aromatic heterocycles. The van der Waals surface area contributed by atoms with Gasteiger partial charge in [0.15, 0.2) is 0 Å². The fraction of sp³-hybridized carbons (Fsp3) is 0.556. The lowest BCUT2D eigenvalue weighted by Crippen LogP contribution is -2.15.